The van der Waals surface area contributed by atoms with Crippen LogP contribution in [0.1, 0.15) is 18.2 Å². The maximum Gasteiger partial charge on any atom is 0.0926 e. The molecule has 0 radical (unpaired) electrons. The molecule has 0 saturated heterocycles. The van der Waals surface area contributed by atoms with Crippen molar-refractivity contribution >= 4 is 11.2 Å². The molecule has 0 atom stereocenters. The molecule has 0 saturated carbocycles. The number of aromatic nitrogens is 2. The van der Waals surface area contributed by atoms with Crippen molar-refractivity contribution in [3.05, 3.63) is 29.6 Å². The van der Waals surface area contributed by atoms with E-state index < -0.39 is 0 Å². The van der Waals surface area contributed by atoms with Gasteiger partial charge < -0.3 is 5.73 Å². The Balaban J connectivity index is 2.87. The van der Waals surface area contributed by atoms with E-state index in [0.29, 0.717) is 0 Å². The van der Waals surface area contributed by atoms with Crippen LogP contribution in [0.5, 0.6) is 0 Å². The largest absolute Gasteiger partial charge is 0.395 e. The molecule has 0 bridgehead atoms. The number of hydrogen-bond donors (Lipinski definition) is 1. The van der Waals surface area contributed by atoms with E-state index in [1.165, 1.54) is 5.56 Å². The highest BCUT2D eigenvalue weighted by Crippen LogP contribution is 2.21. The summed E-state index contributed by atoms with van der Waals surface area (Å²) >= 11 is 0. The van der Waals surface area contributed by atoms with Crippen LogP contribution in [0.15, 0.2) is 18.3 Å². The number of aryl methyl sites for hydroxylation is 2. The zero-order valence-corrected chi connectivity index (χ0v) is 7.91. The first-order valence-corrected chi connectivity index (χ1v) is 4.46. The van der Waals surface area contributed by atoms with Gasteiger partial charge in [-0.05, 0) is 25.0 Å². The van der Waals surface area contributed by atoms with E-state index in [4.69, 9.17) is 5.73 Å². The molecular weight excluding hydrogens is 162 g/mol. The Kier molecular flexibility index (Phi) is 1.72. The minimum Gasteiger partial charge on any atom is -0.395 e. The van der Waals surface area contributed by atoms with Crippen molar-refractivity contribution in [3.63, 3.8) is 0 Å². The summed E-state index contributed by atoms with van der Waals surface area (Å²) < 4.78 is 1.85. The molecule has 0 aliphatic heterocycles. The van der Waals surface area contributed by atoms with Crippen molar-refractivity contribution in [1.82, 2.24) is 9.61 Å². The molecule has 3 heteroatoms. The summed E-state index contributed by atoms with van der Waals surface area (Å²) in [6.45, 7) is 4.05. The van der Waals surface area contributed by atoms with E-state index in [2.05, 4.69) is 18.1 Å². The van der Waals surface area contributed by atoms with Crippen molar-refractivity contribution in [1.29, 1.82) is 0 Å². The van der Waals surface area contributed by atoms with E-state index in [0.717, 1.165) is 23.3 Å². The van der Waals surface area contributed by atoms with Gasteiger partial charge in [0.2, 0.25) is 0 Å². The first-order chi connectivity index (χ1) is 6.24. The van der Waals surface area contributed by atoms with Crippen molar-refractivity contribution < 1.29 is 0 Å². The minimum atomic E-state index is 0.803. The highest BCUT2D eigenvalue weighted by molar-refractivity contribution is 5.75. The third-order valence-corrected chi connectivity index (χ3v) is 2.34. The summed E-state index contributed by atoms with van der Waals surface area (Å²) in [5.41, 5.74) is 9.95. The Hall–Kier alpha value is -1.51. The number of rotatable bonds is 1. The Bertz CT molecular complexity index is 443. The van der Waals surface area contributed by atoms with Gasteiger partial charge in [-0.3, -0.25) is 0 Å². The molecule has 0 spiro atoms. The summed E-state index contributed by atoms with van der Waals surface area (Å²) in [4.78, 5) is 0. The summed E-state index contributed by atoms with van der Waals surface area (Å²) in [6.07, 6.45) is 2.91. The first-order valence-electron chi connectivity index (χ1n) is 4.46. The zero-order chi connectivity index (χ0) is 9.42. The van der Waals surface area contributed by atoms with Crippen LogP contribution in [0.4, 0.5) is 5.69 Å². The Morgan fingerprint density at radius 3 is 3.00 bits per heavy atom. The maximum atomic E-state index is 5.93. The fraction of sp³-hybridized carbons (Fsp3) is 0.300. The topological polar surface area (TPSA) is 43.3 Å². The van der Waals surface area contributed by atoms with Crippen molar-refractivity contribution in [2.45, 2.75) is 20.3 Å². The van der Waals surface area contributed by atoms with Gasteiger partial charge in [0.15, 0.2) is 0 Å². The molecule has 0 fully saturated rings. The average molecular weight is 175 g/mol. The molecule has 2 rings (SSSR count). The number of hydrogen-bond acceptors (Lipinski definition) is 2. The van der Waals surface area contributed by atoms with Crippen molar-refractivity contribution in [3.8, 4) is 0 Å². The Labute approximate surface area is 77.2 Å². The lowest BCUT2D eigenvalue weighted by Crippen LogP contribution is -1.92. The van der Waals surface area contributed by atoms with E-state index in [9.17, 15) is 0 Å². The standard InChI is InChI=1S/C10H13N3/c1-3-8-5-4-6-13-10(8)9(11)7(2)12-13/h4-6H,3,11H2,1-2H3. The monoisotopic (exact) mass is 175 g/mol. The zero-order valence-electron chi connectivity index (χ0n) is 7.91. The molecule has 2 aromatic rings. The number of nitrogens with two attached hydrogens (primary N) is 1. The van der Waals surface area contributed by atoms with Crippen molar-refractivity contribution in [2.24, 2.45) is 0 Å². The summed E-state index contributed by atoms with van der Waals surface area (Å²) in [6, 6.07) is 4.09. The van der Waals surface area contributed by atoms with E-state index in [1.54, 1.807) is 0 Å². The molecule has 0 amide bonds. The number of anilines is 1. The summed E-state index contributed by atoms with van der Waals surface area (Å²) in [5.74, 6) is 0. The van der Waals surface area contributed by atoms with E-state index in [1.807, 2.05) is 23.7 Å². The molecular formula is C10H13N3. The number of nitrogen functional groups attached to an aromatic ring is 1. The second kappa shape index (κ2) is 2.76. The van der Waals surface area contributed by atoms with Gasteiger partial charge in [0.25, 0.3) is 0 Å². The third-order valence-electron chi connectivity index (χ3n) is 2.34. The third kappa shape index (κ3) is 1.08. The second-order valence-corrected chi connectivity index (χ2v) is 3.18. The lowest BCUT2D eigenvalue weighted by atomic mass is 10.1. The van der Waals surface area contributed by atoms with Crippen LogP contribution in [0.3, 0.4) is 0 Å². The molecule has 0 aromatic carbocycles. The molecule has 13 heavy (non-hydrogen) atoms. The number of fused-ring (bicyclic) bond motifs is 1. The molecule has 0 aliphatic carbocycles. The van der Waals surface area contributed by atoms with Gasteiger partial charge >= 0.3 is 0 Å². The smallest absolute Gasteiger partial charge is 0.0926 e. The molecule has 0 aliphatic rings. The fourth-order valence-corrected chi connectivity index (χ4v) is 1.59. The van der Waals surface area contributed by atoms with Gasteiger partial charge in [0.1, 0.15) is 0 Å². The number of pyridine rings is 1. The van der Waals surface area contributed by atoms with Crippen LogP contribution >= 0.6 is 0 Å². The lowest BCUT2D eigenvalue weighted by molar-refractivity contribution is 0.924. The van der Waals surface area contributed by atoms with Gasteiger partial charge in [-0.25, -0.2) is 4.52 Å². The highest BCUT2D eigenvalue weighted by atomic mass is 15.2. The van der Waals surface area contributed by atoms with Gasteiger partial charge in [-0.1, -0.05) is 13.0 Å². The summed E-state index contributed by atoms with van der Waals surface area (Å²) in [5, 5.41) is 4.31. The van der Waals surface area contributed by atoms with Crippen LogP contribution in [-0.4, -0.2) is 9.61 Å². The van der Waals surface area contributed by atoms with Crippen LogP contribution in [-0.2, 0) is 6.42 Å². The quantitative estimate of drug-likeness (QED) is 0.718. The SMILES string of the molecule is CCc1cccn2nc(C)c(N)c12. The first kappa shape index (κ1) is 8.10. The number of nitrogens with zero attached hydrogens (tertiary/aromatic N) is 2. The predicted molar refractivity (Wildman–Crippen MR) is 53.7 cm³/mol. The Morgan fingerprint density at radius 2 is 2.31 bits per heavy atom. The minimum absolute atomic E-state index is 0.803. The molecule has 2 aromatic heterocycles. The molecule has 68 valence electrons. The van der Waals surface area contributed by atoms with Gasteiger partial charge in [-0.2, -0.15) is 5.10 Å². The molecule has 2 heterocycles. The predicted octanol–water partition coefficient (Wildman–Crippen LogP) is 1.79. The van der Waals surface area contributed by atoms with E-state index in [-0.39, 0.29) is 0 Å². The fourth-order valence-electron chi connectivity index (χ4n) is 1.59. The second-order valence-electron chi connectivity index (χ2n) is 3.18. The average Bonchev–Trinajstić information content (AvgIpc) is 2.43. The van der Waals surface area contributed by atoms with Crippen LogP contribution in [0.2, 0.25) is 0 Å². The van der Waals surface area contributed by atoms with E-state index >= 15 is 0 Å². The molecule has 3 nitrogen and oxygen atoms in total. The van der Waals surface area contributed by atoms with Gasteiger partial charge in [-0.15, -0.1) is 0 Å². The molecule has 2 N–H and O–H groups in total. The van der Waals surface area contributed by atoms with Crippen molar-refractivity contribution in [2.75, 3.05) is 5.73 Å². The van der Waals surface area contributed by atoms with Gasteiger partial charge in [0, 0.05) is 6.20 Å². The van der Waals surface area contributed by atoms with Crippen LogP contribution < -0.4 is 5.73 Å². The normalized spacial score (nSPS) is 10.9. The lowest BCUT2D eigenvalue weighted by Gasteiger charge is -2.00. The summed E-state index contributed by atoms with van der Waals surface area (Å²) in [7, 11) is 0. The van der Waals surface area contributed by atoms with Crippen LogP contribution in [0, 0.1) is 6.92 Å². The molecule has 0 unspecified atom stereocenters. The van der Waals surface area contributed by atoms with Crippen LogP contribution in [0.25, 0.3) is 5.52 Å². The highest BCUT2D eigenvalue weighted by Gasteiger charge is 2.07. The van der Waals surface area contributed by atoms with Gasteiger partial charge in [0.05, 0.1) is 16.9 Å². The Morgan fingerprint density at radius 1 is 1.54 bits per heavy atom. The maximum absolute atomic E-state index is 5.93.